The molecule has 0 fully saturated rings. The van der Waals surface area contributed by atoms with Gasteiger partial charge < -0.3 is 0 Å². The molecule has 1 aromatic carbocycles. The van der Waals surface area contributed by atoms with Gasteiger partial charge in [0.05, 0.1) is 22.8 Å². The Hall–Kier alpha value is -2.69. The molecule has 3 rings (SSSR count). The lowest BCUT2D eigenvalue weighted by molar-refractivity contribution is 0.103. The van der Waals surface area contributed by atoms with E-state index in [1.54, 1.807) is 24.5 Å². The highest BCUT2D eigenvalue weighted by molar-refractivity contribution is 6.13. The lowest BCUT2D eigenvalue weighted by Gasteiger charge is -2.03. The number of nitrogens with zero attached hydrogens (tertiary/aromatic N) is 4. The zero-order chi connectivity index (χ0) is 12.4. The van der Waals surface area contributed by atoms with Crippen LogP contribution < -0.4 is 0 Å². The molecule has 86 valence electrons. The standard InChI is InChI=1S/C13H8N4O/c18-13(11-8-14-4-5-16-11)9-2-1-3-10-12(9)17-7-6-15-10/h1-8H. The molecule has 0 aliphatic carbocycles. The molecule has 5 nitrogen and oxygen atoms in total. The number of carbonyl (C=O) groups excluding carboxylic acids is 1. The molecular formula is C13H8N4O. The summed E-state index contributed by atoms with van der Waals surface area (Å²) < 4.78 is 0. The van der Waals surface area contributed by atoms with Gasteiger partial charge in [-0.2, -0.15) is 0 Å². The fourth-order valence-electron chi connectivity index (χ4n) is 1.73. The van der Waals surface area contributed by atoms with Crippen LogP contribution in [0.3, 0.4) is 0 Å². The maximum atomic E-state index is 12.3. The number of carbonyl (C=O) groups is 1. The van der Waals surface area contributed by atoms with Crippen molar-refractivity contribution in [2.24, 2.45) is 0 Å². The Morgan fingerprint density at radius 2 is 1.78 bits per heavy atom. The largest absolute Gasteiger partial charge is 0.287 e. The highest BCUT2D eigenvalue weighted by Crippen LogP contribution is 2.16. The van der Waals surface area contributed by atoms with E-state index in [4.69, 9.17) is 0 Å². The van der Waals surface area contributed by atoms with Crippen molar-refractivity contribution in [1.29, 1.82) is 0 Å². The molecule has 0 N–H and O–H groups in total. The molecule has 2 aromatic heterocycles. The van der Waals surface area contributed by atoms with Gasteiger partial charge in [0.2, 0.25) is 5.78 Å². The summed E-state index contributed by atoms with van der Waals surface area (Å²) in [5.74, 6) is -0.200. The Bertz CT molecular complexity index is 707. The van der Waals surface area contributed by atoms with E-state index in [1.807, 2.05) is 6.07 Å². The van der Waals surface area contributed by atoms with Crippen LogP contribution in [0.5, 0.6) is 0 Å². The highest BCUT2D eigenvalue weighted by Gasteiger charge is 2.14. The molecule has 0 unspecified atom stereocenters. The first-order valence-corrected chi connectivity index (χ1v) is 5.37. The molecule has 0 saturated heterocycles. The summed E-state index contributed by atoms with van der Waals surface area (Å²) in [4.78, 5) is 28.5. The average Bonchev–Trinajstić information content (AvgIpc) is 2.47. The van der Waals surface area contributed by atoms with E-state index in [0.717, 1.165) is 0 Å². The van der Waals surface area contributed by atoms with Crippen LogP contribution in [-0.4, -0.2) is 25.7 Å². The van der Waals surface area contributed by atoms with Crippen LogP contribution >= 0.6 is 0 Å². The zero-order valence-electron chi connectivity index (χ0n) is 9.32. The number of aromatic nitrogens is 4. The van der Waals surface area contributed by atoms with Gasteiger partial charge in [-0.05, 0) is 12.1 Å². The number of rotatable bonds is 2. The SMILES string of the molecule is O=C(c1cnccn1)c1cccc2nccnc12. The molecular weight excluding hydrogens is 228 g/mol. The van der Waals surface area contributed by atoms with Crippen molar-refractivity contribution in [1.82, 2.24) is 19.9 Å². The quantitative estimate of drug-likeness (QED) is 0.633. The molecule has 0 spiro atoms. The average molecular weight is 236 g/mol. The second-order valence-corrected chi connectivity index (χ2v) is 3.65. The van der Waals surface area contributed by atoms with Crippen molar-refractivity contribution in [2.75, 3.05) is 0 Å². The Balaban J connectivity index is 2.18. The van der Waals surface area contributed by atoms with Gasteiger partial charge in [-0.1, -0.05) is 6.07 Å². The molecule has 0 aliphatic rings. The fourth-order valence-corrected chi connectivity index (χ4v) is 1.73. The fraction of sp³-hybridized carbons (Fsp3) is 0. The molecule has 0 saturated carbocycles. The Morgan fingerprint density at radius 1 is 0.944 bits per heavy atom. The number of para-hydroxylation sites is 1. The number of fused-ring (bicyclic) bond motifs is 1. The van der Waals surface area contributed by atoms with Crippen LogP contribution in [0.25, 0.3) is 11.0 Å². The van der Waals surface area contributed by atoms with Crippen molar-refractivity contribution >= 4 is 16.8 Å². The number of hydrogen-bond donors (Lipinski definition) is 0. The van der Waals surface area contributed by atoms with Gasteiger partial charge in [-0.3, -0.25) is 19.7 Å². The van der Waals surface area contributed by atoms with Crippen molar-refractivity contribution in [2.45, 2.75) is 0 Å². The molecule has 0 aliphatic heterocycles. The predicted octanol–water partition coefficient (Wildman–Crippen LogP) is 1.65. The van der Waals surface area contributed by atoms with E-state index >= 15 is 0 Å². The maximum Gasteiger partial charge on any atom is 0.215 e. The minimum atomic E-state index is -0.200. The van der Waals surface area contributed by atoms with Gasteiger partial charge >= 0.3 is 0 Å². The van der Waals surface area contributed by atoms with Crippen LogP contribution in [0.1, 0.15) is 16.1 Å². The predicted molar refractivity (Wildman–Crippen MR) is 65.0 cm³/mol. The molecule has 0 bridgehead atoms. The molecule has 18 heavy (non-hydrogen) atoms. The van der Waals surface area contributed by atoms with Gasteiger partial charge in [0, 0.05) is 24.8 Å². The summed E-state index contributed by atoms with van der Waals surface area (Å²) in [7, 11) is 0. The third-order valence-corrected chi connectivity index (χ3v) is 2.54. The summed E-state index contributed by atoms with van der Waals surface area (Å²) in [6.07, 6.45) is 7.62. The summed E-state index contributed by atoms with van der Waals surface area (Å²) in [5, 5.41) is 0. The van der Waals surface area contributed by atoms with E-state index < -0.39 is 0 Å². The van der Waals surface area contributed by atoms with Gasteiger partial charge in [-0.25, -0.2) is 4.98 Å². The Morgan fingerprint density at radius 3 is 2.61 bits per heavy atom. The van der Waals surface area contributed by atoms with Gasteiger partial charge in [0.1, 0.15) is 5.69 Å². The van der Waals surface area contributed by atoms with Crippen LogP contribution in [-0.2, 0) is 0 Å². The molecule has 3 aromatic rings. The Kier molecular flexibility index (Phi) is 2.49. The summed E-state index contributed by atoms with van der Waals surface area (Å²) in [6, 6.07) is 5.31. The van der Waals surface area contributed by atoms with E-state index in [9.17, 15) is 4.79 Å². The van der Waals surface area contributed by atoms with E-state index in [0.29, 0.717) is 22.3 Å². The lowest BCUT2D eigenvalue weighted by Crippen LogP contribution is -2.05. The van der Waals surface area contributed by atoms with Crippen LogP contribution in [0, 0.1) is 0 Å². The normalized spacial score (nSPS) is 10.4. The first-order chi connectivity index (χ1) is 8.86. The minimum absolute atomic E-state index is 0.200. The van der Waals surface area contributed by atoms with Crippen LogP contribution in [0.15, 0.2) is 49.2 Å². The van der Waals surface area contributed by atoms with Crippen molar-refractivity contribution in [3.63, 3.8) is 0 Å². The molecule has 2 heterocycles. The summed E-state index contributed by atoms with van der Waals surface area (Å²) >= 11 is 0. The monoisotopic (exact) mass is 236 g/mol. The number of hydrogen-bond acceptors (Lipinski definition) is 5. The van der Waals surface area contributed by atoms with E-state index in [-0.39, 0.29) is 5.78 Å². The highest BCUT2D eigenvalue weighted by atomic mass is 16.1. The van der Waals surface area contributed by atoms with E-state index in [1.165, 1.54) is 18.6 Å². The molecule has 0 radical (unpaired) electrons. The van der Waals surface area contributed by atoms with Crippen LogP contribution in [0.4, 0.5) is 0 Å². The van der Waals surface area contributed by atoms with Crippen molar-refractivity contribution in [3.8, 4) is 0 Å². The van der Waals surface area contributed by atoms with E-state index in [2.05, 4.69) is 19.9 Å². The molecule has 5 heteroatoms. The van der Waals surface area contributed by atoms with Gasteiger partial charge in [-0.15, -0.1) is 0 Å². The lowest BCUT2D eigenvalue weighted by atomic mass is 10.1. The molecule has 0 atom stereocenters. The van der Waals surface area contributed by atoms with Crippen LogP contribution in [0.2, 0.25) is 0 Å². The van der Waals surface area contributed by atoms with Crippen molar-refractivity contribution < 1.29 is 4.79 Å². The zero-order valence-corrected chi connectivity index (χ0v) is 9.32. The van der Waals surface area contributed by atoms with Gasteiger partial charge in [0.15, 0.2) is 0 Å². The molecule has 0 amide bonds. The van der Waals surface area contributed by atoms with Crippen molar-refractivity contribution in [3.05, 3.63) is 60.4 Å². The first-order valence-electron chi connectivity index (χ1n) is 5.37. The Labute approximate surface area is 103 Å². The van der Waals surface area contributed by atoms with Gasteiger partial charge in [0.25, 0.3) is 0 Å². The second kappa shape index (κ2) is 4.29. The third kappa shape index (κ3) is 1.71. The second-order valence-electron chi connectivity index (χ2n) is 3.65. The summed E-state index contributed by atoms with van der Waals surface area (Å²) in [5.41, 5.74) is 2.06. The minimum Gasteiger partial charge on any atom is -0.287 e. The first kappa shape index (κ1) is 10.5. The smallest absolute Gasteiger partial charge is 0.215 e. The third-order valence-electron chi connectivity index (χ3n) is 2.54. The topological polar surface area (TPSA) is 68.6 Å². The number of benzene rings is 1. The number of ketones is 1. The summed E-state index contributed by atoms with van der Waals surface area (Å²) in [6.45, 7) is 0. The maximum absolute atomic E-state index is 12.3.